The summed E-state index contributed by atoms with van der Waals surface area (Å²) in [6, 6.07) is 9.75. The lowest BCUT2D eigenvalue weighted by Gasteiger charge is -2.36. The molecule has 1 aromatic carbocycles. The fourth-order valence-electron chi connectivity index (χ4n) is 4.49. The van der Waals surface area contributed by atoms with Gasteiger partial charge in [0.2, 0.25) is 5.95 Å². The molecule has 6 N–H and O–H groups in total. The summed E-state index contributed by atoms with van der Waals surface area (Å²) in [4.78, 5) is 20.5. The molecule has 1 amide bonds. The molecule has 8 heteroatoms. The van der Waals surface area contributed by atoms with Crippen LogP contribution in [-0.2, 0) is 5.60 Å². The second-order valence-corrected chi connectivity index (χ2v) is 8.39. The van der Waals surface area contributed by atoms with Gasteiger partial charge in [0.1, 0.15) is 5.82 Å². The van der Waals surface area contributed by atoms with E-state index < -0.39 is 17.6 Å². The number of primary amides is 1. The fourth-order valence-corrected chi connectivity index (χ4v) is 4.49. The van der Waals surface area contributed by atoms with E-state index in [0.717, 1.165) is 37.7 Å². The van der Waals surface area contributed by atoms with Crippen molar-refractivity contribution >= 4 is 17.7 Å². The minimum absolute atomic E-state index is 0.123. The zero-order chi connectivity index (χ0) is 21.1. The average Bonchev–Trinajstić information content (AvgIpc) is 3.15. The Labute approximate surface area is 175 Å². The molecule has 160 valence electrons. The molecule has 0 aliphatic heterocycles. The number of rotatable bonds is 6. The molecule has 1 aromatic heterocycles. The smallest absolute Gasteiger partial charge is 0.254 e. The summed E-state index contributed by atoms with van der Waals surface area (Å²) in [6.07, 6.45) is 6.26. The number of nitrogens with zero attached hydrogens (tertiary/aromatic N) is 2. The van der Waals surface area contributed by atoms with Gasteiger partial charge in [-0.15, -0.1) is 0 Å². The number of carbonyl (C=O) groups is 1. The number of hydrogen-bond donors (Lipinski definition) is 5. The average molecular weight is 412 g/mol. The van der Waals surface area contributed by atoms with Crippen LogP contribution in [0.5, 0.6) is 0 Å². The van der Waals surface area contributed by atoms with Gasteiger partial charge in [-0.1, -0.05) is 30.3 Å². The van der Waals surface area contributed by atoms with Crippen LogP contribution < -0.4 is 16.4 Å². The number of nitrogens with one attached hydrogen (secondary N) is 2. The molecule has 0 spiro atoms. The third kappa shape index (κ3) is 4.39. The number of aromatic nitrogens is 2. The standard InChI is InChI=1S/C22H29N5O3/c23-19(29)16-13-24-21(27-20(16)26-17-7-4-8-18(17)28)25-15-9-11-22(30,12-10-15)14-5-2-1-3-6-14/h1-3,5-6,13,15,17-18,28,30H,4,7-12H2,(H2,23,29)(H2,24,25,26,27)/t15-,17-,18-,22+/m0/s1. The lowest BCUT2D eigenvalue weighted by Crippen LogP contribution is -2.36. The van der Waals surface area contributed by atoms with Crippen LogP contribution in [0.4, 0.5) is 11.8 Å². The number of anilines is 2. The van der Waals surface area contributed by atoms with Gasteiger partial charge in [0.15, 0.2) is 0 Å². The maximum absolute atomic E-state index is 11.8. The first-order valence-electron chi connectivity index (χ1n) is 10.6. The van der Waals surface area contributed by atoms with Crippen LogP contribution in [0, 0.1) is 0 Å². The van der Waals surface area contributed by atoms with Crippen molar-refractivity contribution in [2.24, 2.45) is 5.73 Å². The molecule has 2 aliphatic carbocycles. The predicted molar refractivity (Wildman–Crippen MR) is 114 cm³/mol. The Balaban J connectivity index is 1.43. The minimum atomic E-state index is -0.804. The van der Waals surface area contributed by atoms with E-state index in [1.807, 2.05) is 30.3 Å². The molecule has 0 saturated heterocycles. The van der Waals surface area contributed by atoms with Crippen molar-refractivity contribution < 1.29 is 15.0 Å². The fraction of sp³-hybridized carbons (Fsp3) is 0.500. The number of amides is 1. The van der Waals surface area contributed by atoms with E-state index in [9.17, 15) is 15.0 Å². The van der Waals surface area contributed by atoms with Gasteiger partial charge in [0, 0.05) is 12.2 Å². The topological polar surface area (TPSA) is 133 Å². The van der Waals surface area contributed by atoms with Crippen LogP contribution in [0.3, 0.4) is 0 Å². The summed E-state index contributed by atoms with van der Waals surface area (Å²) in [6.45, 7) is 0. The number of benzene rings is 1. The maximum atomic E-state index is 11.8. The third-order valence-corrected chi connectivity index (χ3v) is 6.31. The highest BCUT2D eigenvalue weighted by molar-refractivity contribution is 5.97. The summed E-state index contributed by atoms with van der Waals surface area (Å²) < 4.78 is 0. The minimum Gasteiger partial charge on any atom is -0.391 e. The van der Waals surface area contributed by atoms with Gasteiger partial charge < -0.3 is 26.6 Å². The summed E-state index contributed by atoms with van der Waals surface area (Å²) in [7, 11) is 0. The van der Waals surface area contributed by atoms with Crippen LogP contribution in [0.25, 0.3) is 0 Å². The molecule has 2 fully saturated rings. The van der Waals surface area contributed by atoms with Gasteiger partial charge in [-0.2, -0.15) is 4.98 Å². The summed E-state index contributed by atoms with van der Waals surface area (Å²) >= 11 is 0. The van der Waals surface area contributed by atoms with Gasteiger partial charge in [0.05, 0.1) is 23.3 Å². The van der Waals surface area contributed by atoms with Gasteiger partial charge in [0.25, 0.3) is 5.91 Å². The highest BCUT2D eigenvalue weighted by Gasteiger charge is 2.35. The largest absolute Gasteiger partial charge is 0.391 e. The van der Waals surface area contributed by atoms with Crippen molar-refractivity contribution in [1.29, 1.82) is 0 Å². The van der Waals surface area contributed by atoms with E-state index in [4.69, 9.17) is 5.73 Å². The molecule has 1 heterocycles. The van der Waals surface area contributed by atoms with Crippen molar-refractivity contribution in [3.63, 3.8) is 0 Å². The van der Waals surface area contributed by atoms with Crippen molar-refractivity contribution in [2.45, 2.75) is 68.7 Å². The van der Waals surface area contributed by atoms with E-state index in [0.29, 0.717) is 24.6 Å². The van der Waals surface area contributed by atoms with Crippen LogP contribution in [0.2, 0.25) is 0 Å². The van der Waals surface area contributed by atoms with E-state index in [1.54, 1.807) is 0 Å². The number of carbonyl (C=O) groups excluding carboxylic acids is 1. The Kier molecular flexibility index (Phi) is 5.87. The first kappa shape index (κ1) is 20.6. The Hall–Kier alpha value is -2.71. The predicted octanol–water partition coefficient (Wildman–Crippen LogP) is 2.14. The molecule has 2 aromatic rings. The highest BCUT2D eigenvalue weighted by Crippen LogP contribution is 2.37. The number of aliphatic hydroxyl groups excluding tert-OH is 1. The van der Waals surface area contributed by atoms with Gasteiger partial charge in [-0.05, 0) is 50.5 Å². The van der Waals surface area contributed by atoms with E-state index in [-0.39, 0.29) is 17.6 Å². The van der Waals surface area contributed by atoms with Gasteiger partial charge in [-0.25, -0.2) is 4.98 Å². The molecule has 2 aliphatic rings. The Morgan fingerprint density at radius 1 is 1.10 bits per heavy atom. The Morgan fingerprint density at radius 2 is 1.83 bits per heavy atom. The molecule has 2 atom stereocenters. The lowest BCUT2D eigenvalue weighted by molar-refractivity contribution is -0.00337. The second kappa shape index (κ2) is 8.57. The lowest BCUT2D eigenvalue weighted by atomic mass is 9.78. The molecule has 0 radical (unpaired) electrons. The van der Waals surface area contributed by atoms with Gasteiger partial charge in [-0.3, -0.25) is 4.79 Å². The third-order valence-electron chi connectivity index (χ3n) is 6.31. The Morgan fingerprint density at radius 3 is 2.47 bits per heavy atom. The molecule has 30 heavy (non-hydrogen) atoms. The number of hydrogen-bond acceptors (Lipinski definition) is 7. The summed E-state index contributed by atoms with van der Waals surface area (Å²) in [5, 5.41) is 27.6. The molecular weight excluding hydrogens is 382 g/mol. The SMILES string of the molecule is NC(=O)c1cnc(N[C@H]2CC[C@](O)(c3ccccc3)CC2)nc1N[C@H]1CCC[C@@H]1O. The van der Waals surface area contributed by atoms with Crippen molar-refractivity contribution in [3.8, 4) is 0 Å². The summed E-state index contributed by atoms with van der Waals surface area (Å²) in [5.74, 6) is 0.148. The highest BCUT2D eigenvalue weighted by atomic mass is 16.3. The van der Waals surface area contributed by atoms with Crippen LogP contribution in [0.1, 0.15) is 60.9 Å². The van der Waals surface area contributed by atoms with Crippen molar-refractivity contribution in [1.82, 2.24) is 9.97 Å². The normalized spacial score (nSPS) is 28.8. The van der Waals surface area contributed by atoms with Crippen LogP contribution in [0.15, 0.2) is 36.5 Å². The van der Waals surface area contributed by atoms with Crippen LogP contribution >= 0.6 is 0 Å². The molecule has 0 bridgehead atoms. The van der Waals surface area contributed by atoms with Crippen molar-refractivity contribution in [3.05, 3.63) is 47.7 Å². The Bertz CT molecular complexity index is 884. The monoisotopic (exact) mass is 411 g/mol. The quantitative estimate of drug-likeness (QED) is 0.492. The van der Waals surface area contributed by atoms with E-state index in [1.165, 1.54) is 6.20 Å². The molecular formula is C22H29N5O3. The first-order valence-corrected chi connectivity index (χ1v) is 10.6. The van der Waals surface area contributed by atoms with E-state index >= 15 is 0 Å². The van der Waals surface area contributed by atoms with E-state index in [2.05, 4.69) is 20.6 Å². The second-order valence-electron chi connectivity index (χ2n) is 8.39. The first-order chi connectivity index (χ1) is 14.4. The van der Waals surface area contributed by atoms with Crippen LogP contribution in [-0.4, -0.2) is 44.3 Å². The zero-order valence-electron chi connectivity index (χ0n) is 16.9. The number of aliphatic hydroxyl groups is 2. The zero-order valence-corrected chi connectivity index (χ0v) is 16.9. The molecule has 8 nitrogen and oxygen atoms in total. The summed E-state index contributed by atoms with van der Waals surface area (Å²) in [5.41, 5.74) is 5.83. The number of nitrogens with two attached hydrogens (primary N) is 1. The molecule has 0 unspecified atom stereocenters. The van der Waals surface area contributed by atoms with Gasteiger partial charge >= 0.3 is 0 Å². The van der Waals surface area contributed by atoms with Crippen molar-refractivity contribution in [2.75, 3.05) is 10.6 Å². The molecule has 4 rings (SSSR count). The maximum Gasteiger partial charge on any atom is 0.254 e. The molecule has 2 saturated carbocycles.